The van der Waals surface area contributed by atoms with E-state index < -0.39 is 28.8 Å². The Morgan fingerprint density at radius 1 is 0.927 bits per heavy atom. The molecular formula is C35H33NO5. The number of benzene rings is 4. The van der Waals surface area contributed by atoms with Gasteiger partial charge in [-0.15, -0.1) is 0 Å². The normalized spacial score (nSPS) is 19.2. The van der Waals surface area contributed by atoms with Crippen LogP contribution in [0.15, 0.2) is 97.1 Å². The maximum absolute atomic E-state index is 13.9. The average Bonchev–Trinajstić information content (AvgIpc) is 3.23. The Bertz CT molecular complexity index is 1580. The summed E-state index contributed by atoms with van der Waals surface area (Å²) in [5.74, 6) is -1.66. The number of anilines is 1. The Hall–Kier alpha value is -4.58. The van der Waals surface area contributed by atoms with Gasteiger partial charge >= 0.3 is 5.97 Å². The summed E-state index contributed by atoms with van der Waals surface area (Å²) in [4.78, 5) is 27.3. The van der Waals surface area contributed by atoms with Gasteiger partial charge in [0.15, 0.2) is 0 Å². The van der Waals surface area contributed by atoms with Crippen LogP contribution in [-0.4, -0.2) is 29.2 Å². The van der Waals surface area contributed by atoms with Gasteiger partial charge in [-0.2, -0.15) is 0 Å². The van der Waals surface area contributed by atoms with Crippen molar-refractivity contribution in [3.63, 3.8) is 0 Å². The number of para-hydroxylation sites is 1. The first kappa shape index (κ1) is 26.6. The van der Waals surface area contributed by atoms with Gasteiger partial charge in [-0.1, -0.05) is 78.9 Å². The van der Waals surface area contributed by atoms with Crippen LogP contribution in [0.5, 0.6) is 11.5 Å². The van der Waals surface area contributed by atoms with Crippen LogP contribution in [0.4, 0.5) is 5.69 Å². The van der Waals surface area contributed by atoms with Gasteiger partial charge < -0.3 is 19.9 Å². The van der Waals surface area contributed by atoms with E-state index in [0.29, 0.717) is 35.7 Å². The van der Waals surface area contributed by atoms with E-state index in [1.54, 1.807) is 6.07 Å². The molecule has 0 radical (unpaired) electrons. The molecule has 2 unspecified atom stereocenters. The van der Waals surface area contributed by atoms with Gasteiger partial charge in [-0.05, 0) is 49.6 Å². The summed E-state index contributed by atoms with van der Waals surface area (Å²) < 4.78 is 12.6. The van der Waals surface area contributed by atoms with Crippen molar-refractivity contribution in [1.29, 1.82) is 0 Å². The Morgan fingerprint density at radius 3 is 2.15 bits per heavy atom. The molecular weight excluding hydrogens is 514 g/mol. The molecule has 0 aromatic heterocycles. The largest absolute Gasteiger partial charge is 0.493 e. The molecule has 1 amide bonds. The van der Waals surface area contributed by atoms with Gasteiger partial charge in [-0.25, -0.2) is 0 Å². The van der Waals surface area contributed by atoms with Crippen LogP contribution in [0, 0.1) is 0 Å². The second kappa shape index (κ2) is 10.1. The fourth-order valence-corrected chi connectivity index (χ4v) is 6.70. The number of hydrogen-bond acceptors (Lipinski definition) is 4. The molecule has 2 heterocycles. The zero-order chi connectivity index (χ0) is 28.8. The van der Waals surface area contributed by atoms with Crippen molar-refractivity contribution in [2.45, 2.75) is 50.0 Å². The lowest BCUT2D eigenvalue weighted by molar-refractivity contribution is -0.139. The fraction of sp³-hybridized carbons (Fsp3) is 0.257. The molecule has 4 aromatic rings. The van der Waals surface area contributed by atoms with Crippen LogP contribution in [-0.2, 0) is 15.0 Å². The van der Waals surface area contributed by atoms with Crippen LogP contribution in [0.3, 0.4) is 0 Å². The van der Waals surface area contributed by atoms with Crippen LogP contribution in [0.1, 0.15) is 66.8 Å². The van der Waals surface area contributed by atoms with Gasteiger partial charge in [0, 0.05) is 35.2 Å². The summed E-state index contributed by atoms with van der Waals surface area (Å²) in [6.07, 6.45) is 0.405. The molecule has 0 fully saturated rings. The second-order valence-electron chi connectivity index (χ2n) is 11.4. The van der Waals surface area contributed by atoms with E-state index in [0.717, 1.165) is 22.4 Å². The maximum Gasteiger partial charge on any atom is 0.312 e. The summed E-state index contributed by atoms with van der Waals surface area (Å²) in [5, 5.41) is 14.0. The van der Waals surface area contributed by atoms with Gasteiger partial charge in [0.25, 0.3) is 0 Å². The number of ether oxygens (including phenoxy) is 2. The smallest absolute Gasteiger partial charge is 0.312 e. The molecule has 41 heavy (non-hydrogen) atoms. The number of hydrogen-bond donors (Lipinski definition) is 2. The minimum absolute atomic E-state index is 0.138. The van der Waals surface area contributed by atoms with E-state index >= 15 is 0 Å². The van der Waals surface area contributed by atoms with Crippen molar-refractivity contribution in [3.05, 3.63) is 125 Å². The predicted molar refractivity (Wildman–Crippen MR) is 158 cm³/mol. The number of carboxylic acids is 1. The minimum atomic E-state index is -1.04. The number of carboxylic acid groups (broad SMARTS) is 1. The Labute approximate surface area is 239 Å². The molecule has 6 heteroatoms. The first-order chi connectivity index (χ1) is 19.7. The third-order valence-electron chi connectivity index (χ3n) is 8.22. The number of nitrogens with one attached hydrogen (secondary N) is 1. The van der Waals surface area contributed by atoms with Gasteiger partial charge in [0.1, 0.15) is 22.5 Å². The molecule has 6 rings (SSSR count). The van der Waals surface area contributed by atoms with Gasteiger partial charge in [0.05, 0.1) is 12.5 Å². The van der Waals surface area contributed by atoms with E-state index in [4.69, 9.17) is 9.47 Å². The highest BCUT2D eigenvalue weighted by atomic mass is 16.5. The van der Waals surface area contributed by atoms with Crippen molar-refractivity contribution in [3.8, 4) is 11.5 Å². The topological polar surface area (TPSA) is 84.9 Å². The number of carbonyl (C=O) groups excluding carboxylic acids is 1. The predicted octanol–water partition coefficient (Wildman–Crippen LogP) is 6.88. The number of rotatable bonds is 7. The summed E-state index contributed by atoms with van der Waals surface area (Å²) in [6.45, 7) is 6.16. The zero-order valence-electron chi connectivity index (χ0n) is 23.4. The summed E-state index contributed by atoms with van der Waals surface area (Å²) in [7, 11) is 0. The Morgan fingerprint density at radius 2 is 1.54 bits per heavy atom. The number of aliphatic carboxylic acids is 1. The lowest BCUT2D eigenvalue weighted by atomic mass is 9.66. The summed E-state index contributed by atoms with van der Waals surface area (Å²) >= 11 is 0. The van der Waals surface area contributed by atoms with E-state index in [1.807, 2.05) is 112 Å². The first-order valence-corrected chi connectivity index (χ1v) is 14.0. The highest BCUT2D eigenvalue weighted by molar-refractivity contribution is 6.09. The molecule has 0 saturated heterocycles. The van der Waals surface area contributed by atoms with Crippen LogP contribution in [0.2, 0.25) is 0 Å². The molecule has 208 valence electrons. The molecule has 6 nitrogen and oxygen atoms in total. The van der Waals surface area contributed by atoms with Crippen LogP contribution < -0.4 is 14.8 Å². The maximum atomic E-state index is 13.9. The van der Waals surface area contributed by atoms with Crippen molar-refractivity contribution >= 4 is 17.6 Å². The number of carbonyl (C=O) groups is 2. The van der Waals surface area contributed by atoms with E-state index in [2.05, 4.69) is 5.32 Å². The molecule has 0 saturated carbocycles. The number of amides is 1. The molecule has 1 spiro atoms. The fourth-order valence-electron chi connectivity index (χ4n) is 6.70. The zero-order valence-corrected chi connectivity index (χ0v) is 23.4. The van der Waals surface area contributed by atoms with Gasteiger partial charge in [-0.3, -0.25) is 9.59 Å². The van der Waals surface area contributed by atoms with E-state index in [-0.39, 0.29) is 5.91 Å². The molecule has 0 aliphatic carbocycles. The van der Waals surface area contributed by atoms with Gasteiger partial charge in [0.2, 0.25) is 5.91 Å². The van der Waals surface area contributed by atoms with Crippen LogP contribution >= 0.6 is 0 Å². The first-order valence-electron chi connectivity index (χ1n) is 14.0. The average molecular weight is 548 g/mol. The molecule has 4 aromatic carbocycles. The highest BCUT2D eigenvalue weighted by Gasteiger charge is 2.56. The van der Waals surface area contributed by atoms with Crippen molar-refractivity contribution in [1.82, 2.24) is 0 Å². The highest BCUT2D eigenvalue weighted by Crippen LogP contribution is 2.56. The lowest BCUT2D eigenvalue weighted by Crippen LogP contribution is -2.48. The molecule has 2 aliphatic rings. The standard InChI is InChI=1S/C35H33NO5/c1-4-40-28-20-29-26(35(21-34(2,3)41-29)25-17-11-12-18-27(25)36-33(35)39)19-24(28)31(32(37)38)30(22-13-7-5-8-14-22)23-15-9-6-10-16-23/h5-20,30-31H,4,21H2,1-3H3,(H,36,39)(H,37,38). The third-order valence-corrected chi connectivity index (χ3v) is 8.22. The monoisotopic (exact) mass is 547 g/mol. The third kappa shape index (κ3) is 4.44. The molecule has 0 bridgehead atoms. The van der Waals surface area contributed by atoms with E-state index in [9.17, 15) is 14.7 Å². The molecule has 2 N–H and O–H groups in total. The van der Waals surface area contributed by atoms with Crippen molar-refractivity contribution in [2.24, 2.45) is 0 Å². The molecule has 2 aliphatic heterocycles. The minimum Gasteiger partial charge on any atom is -0.493 e. The second-order valence-corrected chi connectivity index (χ2v) is 11.4. The molecule has 2 atom stereocenters. The van der Waals surface area contributed by atoms with E-state index in [1.165, 1.54) is 0 Å². The Kier molecular flexibility index (Phi) is 6.57. The quantitative estimate of drug-likeness (QED) is 0.263. The summed E-state index contributed by atoms with van der Waals surface area (Å²) in [5.41, 5.74) is 2.86. The van der Waals surface area contributed by atoms with Crippen molar-refractivity contribution < 1.29 is 24.2 Å². The Balaban J connectivity index is 1.64. The number of fused-ring (bicyclic) bond motifs is 4. The SMILES string of the molecule is CCOc1cc2c(cc1C(C(=O)O)C(c1ccccc1)c1ccccc1)C1(CC(C)(C)O2)C(=O)Nc2ccccc21. The lowest BCUT2D eigenvalue weighted by Gasteiger charge is -2.43. The summed E-state index contributed by atoms with van der Waals surface area (Å²) in [6, 6.07) is 30.7. The van der Waals surface area contributed by atoms with Crippen LogP contribution in [0.25, 0.3) is 0 Å². The van der Waals surface area contributed by atoms with Crippen molar-refractivity contribution in [2.75, 3.05) is 11.9 Å².